The molecule has 1 amide bonds. The summed E-state index contributed by atoms with van der Waals surface area (Å²) < 4.78 is 0. The van der Waals surface area contributed by atoms with Gasteiger partial charge < -0.3 is 4.90 Å². The van der Waals surface area contributed by atoms with Crippen LogP contribution in [0.1, 0.15) is 33.6 Å². The molecule has 1 aliphatic heterocycles. The molecule has 3 heteroatoms. The largest absolute Gasteiger partial charge is 0.342 e. The smallest absolute Gasteiger partial charge is 0.233 e. The van der Waals surface area contributed by atoms with Gasteiger partial charge in [0.15, 0.2) is 0 Å². The molecular weight excluding hydrogens is 242 g/mol. The van der Waals surface area contributed by atoms with Gasteiger partial charge in [0, 0.05) is 13.1 Å². The van der Waals surface area contributed by atoms with Crippen LogP contribution < -0.4 is 0 Å². The Morgan fingerprint density at radius 3 is 2.21 bits per heavy atom. The molecule has 1 rings (SSSR count). The van der Waals surface area contributed by atoms with Crippen molar-refractivity contribution >= 4 is 21.8 Å². The van der Waals surface area contributed by atoms with Crippen molar-refractivity contribution in [1.29, 1.82) is 0 Å². The first-order valence-corrected chi connectivity index (χ1v) is 6.41. The molecule has 14 heavy (non-hydrogen) atoms. The van der Waals surface area contributed by atoms with E-state index < -0.39 is 0 Å². The first-order chi connectivity index (χ1) is 6.45. The second kappa shape index (κ2) is 4.65. The summed E-state index contributed by atoms with van der Waals surface area (Å²) in [6, 6.07) is 0. The van der Waals surface area contributed by atoms with E-state index in [4.69, 9.17) is 0 Å². The van der Waals surface area contributed by atoms with Gasteiger partial charge in [-0.25, -0.2) is 0 Å². The molecule has 0 spiro atoms. The first kappa shape index (κ1) is 12.0. The van der Waals surface area contributed by atoms with Gasteiger partial charge in [0.25, 0.3) is 0 Å². The highest BCUT2D eigenvalue weighted by Crippen LogP contribution is 2.34. The van der Waals surface area contributed by atoms with E-state index in [9.17, 15) is 4.79 Å². The van der Waals surface area contributed by atoms with Crippen molar-refractivity contribution in [2.45, 2.75) is 33.6 Å². The Hall–Kier alpha value is -0.0500. The average molecular weight is 262 g/mol. The Labute approximate surface area is 95.2 Å². The van der Waals surface area contributed by atoms with E-state index in [2.05, 4.69) is 36.7 Å². The normalized spacial score (nSPS) is 19.9. The summed E-state index contributed by atoms with van der Waals surface area (Å²) in [5.74, 6) is 0.999. The number of hydrogen-bond acceptors (Lipinski definition) is 1. The van der Waals surface area contributed by atoms with Crippen LogP contribution >= 0.6 is 15.9 Å². The van der Waals surface area contributed by atoms with Crippen molar-refractivity contribution in [2.24, 2.45) is 11.3 Å². The molecule has 0 N–H and O–H groups in total. The van der Waals surface area contributed by atoms with Gasteiger partial charge in [0.1, 0.15) is 0 Å². The van der Waals surface area contributed by atoms with Crippen LogP contribution in [-0.2, 0) is 4.79 Å². The molecule has 1 fully saturated rings. The van der Waals surface area contributed by atoms with Crippen LogP contribution in [-0.4, -0.2) is 29.2 Å². The number of piperidine rings is 1. The van der Waals surface area contributed by atoms with Crippen molar-refractivity contribution in [3.63, 3.8) is 0 Å². The second-order valence-electron chi connectivity index (χ2n) is 5.15. The highest BCUT2D eigenvalue weighted by molar-refractivity contribution is 9.09. The molecule has 0 atom stereocenters. The van der Waals surface area contributed by atoms with Crippen LogP contribution in [0.5, 0.6) is 0 Å². The van der Waals surface area contributed by atoms with E-state index in [-0.39, 0.29) is 5.91 Å². The Morgan fingerprint density at radius 1 is 1.36 bits per heavy atom. The fraction of sp³-hybridized carbons (Fsp3) is 0.909. The highest BCUT2D eigenvalue weighted by Gasteiger charge is 2.29. The maximum Gasteiger partial charge on any atom is 0.233 e. The summed E-state index contributed by atoms with van der Waals surface area (Å²) in [5.41, 5.74) is 0.392. The maximum absolute atomic E-state index is 11.4. The van der Waals surface area contributed by atoms with Crippen molar-refractivity contribution in [3.05, 3.63) is 0 Å². The first-order valence-electron chi connectivity index (χ1n) is 5.29. The topological polar surface area (TPSA) is 20.3 Å². The van der Waals surface area contributed by atoms with E-state index in [1.165, 1.54) is 0 Å². The van der Waals surface area contributed by atoms with Crippen molar-refractivity contribution in [3.8, 4) is 0 Å². The lowest BCUT2D eigenvalue weighted by atomic mass is 9.75. The Bertz CT molecular complexity index is 202. The minimum Gasteiger partial charge on any atom is -0.342 e. The zero-order valence-corrected chi connectivity index (χ0v) is 10.9. The fourth-order valence-electron chi connectivity index (χ4n) is 2.08. The second-order valence-corrected chi connectivity index (χ2v) is 5.72. The SMILES string of the molecule is CC(C)(C)C1CCN(C(=O)CBr)CC1. The molecule has 1 aliphatic rings. The van der Waals surface area contributed by atoms with Gasteiger partial charge in [-0.3, -0.25) is 4.79 Å². The molecule has 0 saturated carbocycles. The lowest BCUT2D eigenvalue weighted by Crippen LogP contribution is -2.41. The number of carbonyl (C=O) groups excluding carboxylic acids is 1. The summed E-state index contributed by atoms with van der Waals surface area (Å²) in [6.07, 6.45) is 2.31. The predicted octanol–water partition coefficient (Wildman–Crippen LogP) is 2.67. The van der Waals surface area contributed by atoms with Crippen LogP contribution in [0.2, 0.25) is 0 Å². The summed E-state index contributed by atoms with van der Waals surface area (Å²) in [6.45, 7) is 8.75. The van der Waals surface area contributed by atoms with Gasteiger partial charge in [0.05, 0.1) is 5.33 Å². The van der Waals surface area contributed by atoms with Crippen LogP contribution in [0.15, 0.2) is 0 Å². The number of halogens is 1. The summed E-state index contributed by atoms with van der Waals surface area (Å²) in [7, 11) is 0. The molecule has 0 unspecified atom stereocenters. The number of likely N-dealkylation sites (tertiary alicyclic amines) is 1. The minimum atomic E-state index is 0.234. The van der Waals surface area contributed by atoms with Gasteiger partial charge in [-0.05, 0) is 24.2 Å². The van der Waals surface area contributed by atoms with Crippen LogP contribution in [0.3, 0.4) is 0 Å². The summed E-state index contributed by atoms with van der Waals surface area (Å²) in [5, 5.41) is 0.465. The van der Waals surface area contributed by atoms with Crippen molar-refractivity contribution in [2.75, 3.05) is 18.4 Å². The third-order valence-electron chi connectivity index (χ3n) is 3.19. The summed E-state index contributed by atoms with van der Waals surface area (Å²) >= 11 is 3.21. The molecule has 1 saturated heterocycles. The van der Waals surface area contributed by atoms with E-state index >= 15 is 0 Å². The third kappa shape index (κ3) is 2.97. The highest BCUT2D eigenvalue weighted by atomic mass is 79.9. The quantitative estimate of drug-likeness (QED) is 0.665. The Balaban J connectivity index is 2.43. The Morgan fingerprint density at radius 2 is 1.86 bits per heavy atom. The molecule has 0 radical (unpaired) electrons. The van der Waals surface area contributed by atoms with Gasteiger partial charge >= 0.3 is 0 Å². The molecule has 0 aromatic carbocycles. The van der Waals surface area contributed by atoms with Gasteiger partial charge in [-0.1, -0.05) is 36.7 Å². The number of nitrogens with zero attached hydrogens (tertiary/aromatic N) is 1. The zero-order valence-electron chi connectivity index (χ0n) is 9.35. The fourth-order valence-corrected chi connectivity index (χ4v) is 2.43. The summed E-state index contributed by atoms with van der Waals surface area (Å²) in [4.78, 5) is 13.4. The lowest BCUT2D eigenvalue weighted by molar-refractivity contribution is -0.130. The third-order valence-corrected chi connectivity index (χ3v) is 3.67. The molecule has 0 bridgehead atoms. The standard InChI is InChI=1S/C11H20BrNO/c1-11(2,3)9-4-6-13(7-5-9)10(14)8-12/h9H,4-8H2,1-3H3. The molecular formula is C11H20BrNO. The molecule has 0 aliphatic carbocycles. The van der Waals surface area contributed by atoms with Gasteiger partial charge in [0.2, 0.25) is 5.91 Å². The average Bonchev–Trinajstić information content (AvgIpc) is 2.15. The van der Waals surface area contributed by atoms with Crippen molar-refractivity contribution in [1.82, 2.24) is 4.90 Å². The number of carbonyl (C=O) groups is 1. The number of alkyl halides is 1. The van der Waals surface area contributed by atoms with E-state index in [1.54, 1.807) is 0 Å². The van der Waals surface area contributed by atoms with E-state index in [0.29, 0.717) is 10.7 Å². The molecule has 1 heterocycles. The Kier molecular flexibility index (Phi) is 3.99. The lowest BCUT2D eigenvalue weighted by Gasteiger charge is -2.38. The zero-order chi connectivity index (χ0) is 10.8. The van der Waals surface area contributed by atoms with Crippen LogP contribution in [0.25, 0.3) is 0 Å². The van der Waals surface area contributed by atoms with E-state index in [1.807, 2.05) is 4.90 Å². The number of amides is 1. The van der Waals surface area contributed by atoms with Gasteiger partial charge in [-0.15, -0.1) is 0 Å². The molecule has 0 aromatic rings. The van der Waals surface area contributed by atoms with Crippen molar-refractivity contribution < 1.29 is 4.79 Å². The molecule has 0 aromatic heterocycles. The number of rotatable bonds is 1. The molecule has 2 nitrogen and oxygen atoms in total. The van der Waals surface area contributed by atoms with Gasteiger partial charge in [-0.2, -0.15) is 0 Å². The van der Waals surface area contributed by atoms with Crippen LogP contribution in [0, 0.1) is 11.3 Å². The molecule has 82 valence electrons. The monoisotopic (exact) mass is 261 g/mol. The predicted molar refractivity (Wildman–Crippen MR) is 62.6 cm³/mol. The number of hydrogen-bond donors (Lipinski definition) is 0. The van der Waals surface area contributed by atoms with E-state index in [0.717, 1.165) is 31.8 Å². The van der Waals surface area contributed by atoms with Crippen LogP contribution in [0.4, 0.5) is 0 Å². The maximum atomic E-state index is 11.4. The minimum absolute atomic E-state index is 0.234.